The van der Waals surface area contributed by atoms with Gasteiger partial charge in [0.05, 0.1) is 11.1 Å². The summed E-state index contributed by atoms with van der Waals surface area (Å²) in [5, 5.41) is 0.917. The fraction of sp³-hybridized carbons (Fsp3) is 0.412. The van der Waals surface area contributed by atoms with Gasteiger partial charge in [-0.2, -0.15) is 0 Å². The highest BCUT2D eigenvalue weighted by atomic mass is 16.2. The van der Waals surface area contributed by atoms with E-state index in [0.29, 0.717) is 12.5 Å². The summed E-state index contributed by atoms with van der Waals surface area (Å²) < 4.78 is 0. The summed E-state index contributed by atoms with van der Waals surface area (Å²) >= 11 is 0. The fourth-order valence-corrected chi connectivity index (χ4v) is 2.94. The number of carbonyl (C=O) groups is 1. The lowest BCUT2D eigenvalue weighted by atomic mass is 9.93. The molecule has 1 aromatic heterocycles. The number of fused-ring (bicyclic) bond motifs is 1. The maximum atomic E-state index is 12.9. The second kappa shape index (κ2) is 5.45. The molecule has 1 amide bonds. The van der Waals surface area contributed by atoms with Crippen molar-refractivity contribution in [1.82, 2.24) is 9.88 Å². The van der Waals surface area contributed by atoms with Crippen molar-refractivity contribution in [2.75, 3.05) is 13.1 Å². The molecule has 1 aromatic carbocycles. The summed E-state index contributed by atoms with van der Waals surface area (Å²) in [5.41, 5.74) is 8.59. The van der Waals surface area contributed by atoms with E-state index in [1.54, 1.807) is 0 Å². The third kappa shape index (κ3) is 2.63. The Morgan fingerprint density at radius 3 is 2.90 bits per heavy atom. The Morgan fingerprint density at radius 1 is 1.38 bits per heavy atom. The minimum absolute atomic E-state index is 0.0666. The van der Waals surface area contributed by atoms with Crippen LogP contribution in [0.4, 0.5) is 0 Å². The molecule has 110 valence electrons. The number of carbonyl (C=O) groups excluding carboxylic acids is 1. The largest absolute Gasteiger partial charge is 0.337 e. The van der Waals surface area contributed by atoms with Crippen LogP contribution in [-0.4, -0.2) is 34.9 Å². The molecule has 4 heteroatoms. The summed E-state index contributed by atoms with van der Waals surface area (Å²) in [6.07, 6.45) is 0.967. The van der Waals surface area contributed by atoms with E-state index in [9.17, 15) is 4.79 Å². The number of hydrogen-bond donors (Lipinski definition) is 1. The number of para-hydroxylation sites is 1. The van der Waals surface area contributed by atoms with Gasteiger partial charge in [-0.3, -0.25) is 9.78 Å². The van der Waals surface area contributed by atoms with Gasteiger partial charge in [-0.15, -0.1) is 0 Å². The molecule has 0 bridgehead atoms. The van der Waals surface area contributed by atoms with E-state index in [2.05, 4.69) is 11.9 Å². The number of benzene rings is 1. The Labute approximate surface area is 125 Å². The Bertz CT molecular complexity index is 683. The summed E-state index contributed by atoms with van der Waals surface area (Å²) in [7, 11) is 0. The first-order valence-electron chi connectivity index (χ1n) is 7.47. The average molecular weight is 283 g/mol. The maximum Gasteiger partial charge on any atom is 0.254 e. The lowest BCUT2D eigenvalue weighted by Crippen LogP contribution is -2.49. The average Bonchev–Trinajstić information content (AvgIpc) is 2.48. The van der Waals surface area contributed by atoms with Crippen molar-refractivity contribution < 1.29 is 4.79 Å². The molecule has 4 nitrogen and oxygen atoms in total. The number of hydrogen-bond acceptors (Lipinski definition) is 3. The molecule has 0 radical (unpaired) electrons. The first-order chi connectivity index (χ1) is 10.1. The van der Waals surface area contributed by atoms with Gasteiger partial charge in [-0.25, -0.2) is 0 Å². The van der Waals surface area contributed by atoms with Gasteiger partial charge in [0.2, 0.25) is 0 Å². The van der Waals surface area contributed by atoms with Gasteiger partial charge in [0, 0.05) is 30.2 Å². The number of nitrogens with two attached hydrogens (primary N) is 1. The predicted octanol–water partition coefficient (Wildman–Crippen LogP) is 2.35. The molecule has 0 aliphatic carbocycles. The summed E-state index contributed by atoms with van der Waals surface area (Å²) in [5.74, 6) is 0.545. The molecule has 2 atom stereocenters. The van der Waals surface area contributed by atoms with E-state index in [-0.39, 0.29) is 11.9 Å². The van der Waals surface area contributed by atoms with Crippen LogP contribution in [0.2, 0.25) is 0 Å². The molecule has 1 fully saturated rings. The van der Waals surface area contributed by atoms with Gasteiger partial charge in [0.1, 0.15) is 0 Å². The maximum absolute atomic E-state index is 12.9. The number of aromatic nitrogens is 1. The number of aryl methyl sites for hydroxylation is 1. The Kier molecular flexibility index (Phi) is 3.64. The van der Waals surface area contributed by atoms with Crippen molar-refractivity contribution in [3.05, 3.63) is 41.6 Å². The highest BCUT2D eigenvalue weighted by molar-refractivity contribution is 6.06. The highest BCUT2D eigenvalue weighted by Gasteiger charge is 2.27. The van der Waals surface area contributed by atoms with Gasteiger partial charge >= 0.3 is 0 Å². The molecule has 2 heterocycles. The van der Waals surface area contributed by atoms with Gasteiger partial charge in [0.15, 0.2) is 0 Å². The molecule has 0 saturated carbocycles. The molecule has 0 spiro atoms. The zero-order chi connectivity index (χ0) is 15.0. The molecule has 2 N–H and O–H groups in total. The van der Waals surface area contributed by atoms with Crippen LogP contribution in [0.3, 0.4) is 0 Å². The Balaban J connectivity index is 1.98. The molecule has 3 rings (SSSR count). The topological polar surface area (TPSA) is 59.2 Å². The molecule has 1 aliphatic heterocycles. The zero-order valence-electron chi connectivity index (χ0n) is 12.5. The smallest absolute Gasteiger partial charge is 0.254 e. The van der Waals surface area contributed by atoms with Gasteiger partial charge in [0.25, 0.3) is 5.91 Å². The third-order valence-electron chi connectivity index (χ3n) is 4.38. The minimum Gasteiger partial charge on any atom is -0.337 e. The van der Waals surface area contributed by atoms with Crippen LogP contribution in [0.15, 0.2) is 30.3 Å². The highest BCUT2D eigenvalue weighted by Crippen LogP contribution is 2.23. The Morgan fingerprint density at radius 2 is 2.14 bits per heavy atom. The predicted molar refractivity (Wildman–Crippen MR) is 84.1 cm³/mol. The molecule has 2 unspecified atom stereocenters. The quantitative estimate of drug-likeness (QED) is 0.874. The van der Waals surface area contributed by atoms with E-state index >= 15 is 0 Å². The number of nitrogens with zero attached hydrogens (tertiary/aromatic N) is 2. The lowest BCUT2D eigenvalue weighted by Gasteiger charge is -2.35. The van der Waals surface area contributed by atoms with Crippen molar-refractivity contribution in [1.29, 1.82) is 0 Å². The number of amides is 1. The SMILES string of the molecule is Cc1cc(C(=O)N2CCC(C)C(N)C2)c2ccccc2n1. The molecule has 1 saturated heterocycles. The summed E-state index contributed by atoms with van der Waals surface area (Å²) in [6, 6.07) is 9.75. The third-order valence-corrected chi connectivity index (χ3v) is 4.38. The summed E-state index contributed by atoms with van der Waals surface area (Å²) in [6.45, 7) is 5.49. The number of rotatable bonds is 1. The van der Waals surface area contributed by atoms with E-state index in [1.807, 2.05) is 42.2 Å². The normalized spacial score (nSPS) is 22.5. The second-order valence-electron chi connectivity index (χ2n) is 6.01. The van der Waals surface area contributed by atoms with Crippen LogP contribution in [0.5, 0.6) is 0 Å². The van der Waals surface area contributed by atoms with Crippen LogP contribution in [0, 0.1) is 12.8 Å². The number of piperidine rings is 1. The fourth-order valence-electron chi connectivity index (χ4n) is 2.94. The number of likely N-dealkylation sites (tertiary alicyclic amines) is 1. The standard InChI is InChI=1S/C17H21N3O/c1-11-7-8-20(10-15(11)18)17(21)14-9-12(2)19-16-6-4-3-5-13(14)16/h3-6,9,11,15H,7-8,10,18H2,1-2H3. The lowest BCUT2D eigenvalue weighted by molar-refractivity contribution is 0.0674. The van der Waals surface area contributed by atoms with Gasteiger partial charge in [-0.1, -0.05) is 25.1 Å². The monoisotopic (exact) mass is 283 g/mol. The van der Waals surface area contributed by atoms with Crippen LogP contribution in [0.1, 0.15) is 29.4 Å². The zero-order valence-corrected chi connectivity index (χ0v) is 12.5. The van der Waals surface area contributed by atoms with Crippen molar-refractivity contribution in [2.45, 2.75) is 26.3 Å². The molecule has 21 heavy (non-hydrogen) atoms. The van der Waals surface area contributed by atoms with E-state index in [0.717, 1.165) is 35.1 Å². The van der Waals surface area contributed by atoms with Crippen LogP contribution < -0.4 is 5.73 Å². The van der Waals surface area contributed by atoms with Crippen molar-refractivity contribution in [3.8, 4) is 0 Å². The van der Waals surface area contributed by atoms with Crippen molar-refractivity contribution >= 4 is 16.8 Å². The molecule has 1 aliphatic rings. The molecule has 2 aromatic rings. The van der Waals surface area contributed by atoms with Crippen molar-refractivity contribution in [3.63, 3.8) is 0 Å². The van der Waals surface area contributed by atoms with Crippen molar-refractivity contribution in [2.24, 2.45) is 11.7 Å². The second-order valence-corrected chi connectivity index (χ2v) is 6.01. The molecular weight excluding hydrogens is 262 g/mol. The van der Waals surface area contributed by atoms with Crippen LogP contribution in [0.25, 0.3) is 10.9 Å². The van der Waals surface area contributed by atoms with Crippen LogP contribution in [-0.2, 0) is 0 Å². The number of pyridine rings is 1. The van der Waals surface area contributed by atoms with E-state index in [1.165, 1.54) is 0 Å². The minimum atomic E-state index is 0.0666. The molecular formula is C17H21N3O. The van der Waals surface area contributed by atoms with Crippen LogP contribution >= 0.6 is 0 Å². The first-order valence-corrected chi connectivity index (χ1v) is 7.47. The van der Waals surface area contributed by atoms with E-state index < -0.39 is 0 Å². The first kappa shape index (κ1) is 14.0. The van der Waals surface area contributed by atoms with Gasteiger partial charge < -0.3 is 10.6 Å². The summed E-state index contributed by atoms with van der Waals surface area (Å²) in [4.78, 5) is 19.2. The van der Waals surface area contributed by atoms with Gasteiger partial charge in [-0.05, 0) is 31.4 Å². The Hall–Kier alpha value is -1.94. The van der Waals surface area contributed by atoms with E-state index in [4.69, 9.17) is 5.73 Å².